The molecule has 0 saturated heterocycles. The van der Waals surface area contributed by atoms with Crippen LogP contribution < -0.4 is 4.72 Å². The van der Waals surface area contributed by atoms with Gasteiger partial charge in [0.2, 0.25) is 10.0 Å². The van der Waals surface area contributed by atoms with Gasteiger partial charge in [-0.25, -0.2) is 12.8 Å². The largest absolute Gasteiger partial charge is 0.281 e. The van der Waals surface area contributed by atoms with Crippen LogP contribution in [0.15, 0.2) is 18.2 Å². The van der Waals surface area contributed by atoms with Crippen LogP contribution in [0, 0.1) is 12.7 Å². The van der Waals surface area contributed by atoms with E-state index in [-0.39, 0.29) is 5.69 Å². The van der Waals surface area contributed by atoms with Gasteiger partial charge in [0, 0.05) is 0 Å². The Hall–Kier alpha value is -1.10. The highest BCUT2D eigenvalue weighted by Gasteiger charge is 2.06. The monoisotopic (exact) mass is 263 g/mol. The number of hydrogen-bond acceptors (Lipinski definition) is 2. The summed E-state index contributed by atoms with van der Waals surface area (Å²) in [6, 6.07) is 4.24. The van der Waals surface area contributed by atoms with E-state index in [0.717, 1.165) is 11.8 Å². The van der Waals surface area contributed by atoms with Gasteiger partial charge in [0.05, 0.1) is 11.9 Å². The van der Waals surface area contributed by atoms with Gasteiger partial charge in [0.1, 0.15) is 5.82 Å². The maximum Gasteiger partial charge on any atom is 0.229 e. The Morgan fingerprint density at radius 3 is 2.00 bits per heavy atom. The quantitative estimate of drug-likeness (QED) is 0.886. The predicted molar refractivity (Wildman–Crippen MR) is 72.3 cm³/mol. The molecule has 0 saturated carbocycles. The smallest absolute Gasteiger partial charge is 0.229 e. The second-order valence-corrected chi connectivity index (χ2v) is 4.61. The second-order valence-electron chi connectivity index (χ2n) is 2.86. The number of aryl methyl sites for hydroxylation is 1. The lowest BCUT2D eigenvalue weighted by molar-refractivity contribution is 0.603. The Labute approximate surface area is 104 Å². The third kappa shape index (κ3) is 8.68. The minimum absolute atomic E-state index is 0.0116. The van der Waals surface area contributed by atoms with Gasteiger partial charge in [0.15, 0.2) is 0 Å². The van der Waals surface area contributed by atoms with E-state index in [1.54, 1.807) is 13.0 Å². The Kier molecular flexibility index (Phi) is 9.66. The van der Waals surface area contributed by atoms with E-state index in [1.807, 2.05) is 27.7 Å². The summed E-state index contributed by atoms with van der Waals surface area (Å²) in [7, 11) is -3.41. The van der Waals surface area contributed by atoms with Crippen molar-refractivity contribution in [1.82, 2.24) is 0 Å². The fraction of sp³-hybridized carbons (Fsp3) is 0.500. The predicted octanol–water partition coefficient (Wildman–Crippen LogP) is 3.56. The van der Waals surface area contributed by atoms with Crippen molar-refractivity contribution in [2.75, 3.05) is 11.0 Å². The summed E-state index contributed by atoms with van der Waals surface area (Å²) >= 11 is 0. The Bertz CT molecular complexity index is 417. The van der Waals surface area contributed by atoms with Gasteiger partial charge in [-0.2, -0.15) is 0 Å². The minimum atomic E-state index is -3.41. The summed E-state index contributed by atoms with van der Waals surface area (Å²) in [6.07, 6.45) is 0.981. The third-order valence-corrected chi connectivity index (χ3v) is 2.01. The van der Waals surface area contributed by atoms with Crippen LogP contribution in [0.4, 0.5) is 10.1 Å². The van der Waals surface area contributed by atoms with Crippen LogP contribution >= 0.6 is 0 Å². The van der Waals surface area contributed by atoms with Gasteiger partial charge in [0.25, 0.3) is 0 Å². The SMILES string of the molecule is CC.CC.Cc1ccc(F)c(NS(C)(=O)=O)c1. The first-order valence-electron chi connectivity index (χ1n) is 5.62. The molecule has 0 heterocycles. The summed E-state index contributed by atoms with van der Waals surface area (Å²) in [4.78, 5) is 0. The molecule has 1 aromatic rings. The van der Waals surface area contributed by atoms with Crippen molar-refractivity contribution >= 4 is 15.7 Å². The molecule has 3 nitrogen and oxygen atoms in total. The van der Waals surface area contributed by atoms with E-state index in [2.05, 4.69) is 4.72 Å². The molecule has 0 fully saturated rings. The first-order valence-corrected chi connectivity index (χ1v) is 7.51. The van der Waals surface area contributed by atoms with Gasteiger partial charge < -0.3 is 0 Å². The van der Waals surface area contributed by atoms with Crippen molar-refractivity contribution < 1.29 is 12.8 Å². The summed E-state index contributed by atoms with van der Waals surface area (Å²) in [6.45, 7) is 9.76. The molecule has 0 aliphatic carbocycles. The molecule has 0 unspecified atom stereocenters. The van der Waals surface area contributed by atoms with Gasteiger partial charge >= 0.3 is 0 Å². The van der Waals surface area contributed by atoms with Crippen LogP contribution in [0.5, 0.6) is 0 Å². The van der Waals surface area contributed by atoms with Crippen LogP contribution in [0.3, 0.4) is 0 Å². The highest BCUT2D eigenvalue weighted by atomic mass is 32.2. The molecule has 0 amide bonds. The summed E-state index contributed by atoms with van der Waals surface area (Å²) in [5, 5.41) is 0. The lowest BCUT2D eigenvalue weighted by atomic mass is 10.2. The van der Waals surface area contributed by atoms with Crippen molar-refractivity contribution in [1.29, 1.82) is 0 Å². The molecule has 0 radical (unpaired) electrons. The molecule has 1 aromatic carbocycles. The fourth-order valence-electron chi connectivity index (χ4n) is 0.917. The second kappa shape index (κ2) is 8.98. The van der Waals surface area contributed by atoms with E-state index in [4.69, 9.17) is 0 Å². The number of anilines is 1. The van der Waals surface area contributed by atoms with Crippen molar-refractivity contribution in [3.05, 3.63) is 29.6 Å². The van der Waals surface area contributed by atoms with Crippen LogP contribution in [-0.4, -0.2) is 14.7 Å². The molecular formula is C12H22FNO2S. The van der Waals surface area contributed by atoms with Gasteiger partial charge in [-0.05, 0) is 24.6 Å². The molecule has 0 aromatic heterocycles. The fourth-order valence-corrected chi connectivity index (χ4v) is 1.47. The topological polar surface area (TPSA) is 46.2 Å². The van der Waals surface area contributed by atoms with E-state index >= 15 is 0 Å². The molecule has 0 aliphatic rings. The molecule has 0 bridgehead atoms. The molecule has 1 rings (SSSR count). The van der Waals surface area contributed by atoms with E-state index in [1.165, 1.54) is 12.1 Å². The van der Waals surface area contributed by atoms with Crippen LogP contribution in [-0.2, 0) is 10.0 Å². The summed E-state index contributed by atoms with van der Waals surface area (Å²) in [5.74, 6) is -0.573. The Morgan fingerprint density at radius 1 is 1.12 bits per heavy atom. The number of halogens is 1. The highest BCUT2D eigenvalue weighted by molar-refractivity contribution is 7.92. The van der Waals surface area contributed by atoms with Crippen molar-refractivity contribution in [3.63, 3.8) is 0 Å². The lowest BCUT2D eigenvalue weighted by Crippen LogP contribution is -2.10. The normalized spacial score (nSPS) is 9.35. The van der Waals surface area contributed by atoms with Gasteiger partial charge in [-0.1, -0.05) is 33.8 Å². The van der Waals surface area contributed by atoms with Crippen molar-refractivity contribution in [3.8, 4) is 0 Å². The molecule has 5 heteroatoms. The molecule has 1 N–H and O–H groups in total. The number of nitrogens with one attached hydrogen (secondary N) is 1. The maximum absolute atomic E-state index is 13.0. The summed E-state index contributed by atoms with van der Waals surface area (Å²) in [5.41, 5.74) is 0.787. The number of benzene rings is 1. The third-order valence-electron chi connectivity index (χ3n) is 1.42. The van der Waals surface area contributed by atoms with E-state index < -0.39 is 15.8 Å². The van der Waals surface area contributed by atoms with Crippen molar-refractivity contribution in [2.24, 2.45) is 0 Å². The van der Waals surface area contributed by atoms with Gasteiger partial charge in [-0.3, -0.25) is 4.72 Å². The van der Waals surface area contributed by atoms with Crippen molar-refractivity contribution in [2.45, 2.75) is 34.6 Å². The van der Waals surface area contributed by atoms with Crippen LogP contribution in [0.1, 0.15) is 33.3 Å². The average Bonchev–Trinajstić information content (AvgIpc) is 2.27. The van der Waals surface area contributed by atoms with E-state index in [0.29, 0.717) is 0 Å². The Morgan fingerprint density at radius 2 is 1.59 bits per heavy atom. The maximum atomic E-state index is 13.0. The standard InChI is InChI=1S/C8H10FNO2S.2C2H6/c1-6-3-4-7(9)8(5-6)10-13(2,11)12;2*1-2/h3-5,10H,1-2H3;2*1-2H3. The zero-order valence-electron chi connectivity index (χ0n) is 11.3. The molecule has 0 spiro atoms. The molecule has 0 atom stereocenters. The average molecular weight is 263 g/mol. The molecule has 17 heavy (non-hydrogen) atoms. The molecule has 0 aliphatic heterocycles. The molecular weight excluding hydrogens is 241 g/mol. The molecule has 100 valence electrons. The lowest BCUT2D eigenvalue weighted by Gasteiger charge is -2.05. The first kappa shape index (κ1) is 18.3. The number of rotatable bonds is 2. The van der Waals surface area contributed by atoms with Crippen LogP contribution in [0.25, 0.3) is 0 Å². The summed E-state index contributed by atoms with van der Waals surface area (Å²) < 4.78 is 36.6. The Balaban J connectivity index is 0. The number of sulfonamides is 1. The van der Waals surface area contributed by atoms with E-state index in [9.17, 15) is 12.8 Å². The highest BCUT2D eigenvalue weighted by Crippen LogP contribution is 2.16. The van der Waals surface area contributed by atoms with Gasteiger partial charge in [-0.15, -0.1) is 0 Å². The van der Waals surface area contributed by atoms with Crippen LogP contribution in [0.2, 0.25) is 0 Å². The minimum Gasteiger partial charge on any atom is -0.281 e. The number of hydrogen-bond donors (Lipinski definition) is 1. The zero-order valence-corrected chi connectivity index (χ0v) is 12.2. The first-order chi connectivity index (χ1) is 7.88. The zero-order chi connectivity index (χ0) is 14.1.